The molecule has 2 unspecified atom stereocenters. The van der Waals surface area contributed by atoms with E-state index >= 15 is 0 Å². The molecule has 5 heteroatoms. The molecule has 0 aromatic heterocycles. The van der Waals surface area contributed by atoms with Gasteiger partial charge in [0, 0.05) is 16.9 Å². The van der Waals surface area contributed by atoms with Gasteiger partial charge in [-0.3, -0.25) is 4.79 Å². The fourth-order valence-corrected chi connectivity index (χ4v) is 3.85. The van der Waals surface area contributed by atoms with Crippen molar-refractivity contribution in [2.75, 3.05) is 6.26 Å². The van der Waals surface area contributed by atoms with Gasteiger partial charge in [0.05, 0.1) is 6.42 Å². The topological polar surface area (TPSA) is 55.1 Å². The molecule has 0 heterocycles. The lowest BCUT2D eigenvalue weighted by atomic mass is 9.94. The summed E-state index contributed by atoms with van der Waals surface area (Å²) in [4.78, 5) is 12.6. The molecule has 1 aliphatic rings. The summed E-state index contributed by atoms with van der Waals surface area (Å²) in [6, 6.07) is 7.89. The van der Waals surface area contributed by atoms with Crippen LogP contribution in [0.4, 0.5) is 0 Å². The molecule has 1 fully saturated rings. The molecule has 1 aliphatic carbocycles. The number of carbonyl (C=O) groups excluding carboxylic acids is 1. The zero-order valence-corrected chi connectivity index (χ0v) is 13.9. The van der Waals surface area contributed by atoms with Crippen LogP contribution in [-0.4, -0.2) is 28.4 Å². The molecule has 0 bridgehead atoms. The van der Waals surface area contributed by atoms with Crippen molar-refractivity contribution in [2.45, 2.75) is 43.4 Å². The molecule has 0 saturated heterocycles. The Bertz CT molecular complexity index is 502. The van der Waals surface area contributed by atoms with Gasteiger partial charge in [0.25, 0.3) is 0 Å². The van der Waals surface area contributed by atoms with E-state index in [1.54, 1.807) is 0 Å². The van der Waals surface area contributed by atoms with Gasteiger partial charge in [-0.25, -0.2) is 0 Å². The molecule has 1 saturated carbocycles. The van der Waals surface area contributed by atoms with E-state index in [1.807, 2.05) is 36.0 Å². The normalized spacial score (nSPS) is 21.8. The predicted octanol–water partition coefficient (Wildman–Crippen LogP) is 2.65. The van der Waals surface area contributed by atoms with Crippen molar-refractivity contribution in [3.8, 4) is 0 Å². The second-order valence-corrected chi connectivity index (χ2v) is 6.99. The smallest absolute Gasteiger partial charge is 0.224 e. The number of nitrogens with two attached hydrogens (primary N) is 1. The third-order valence-corrected chi connectivity index (χ3v) is 5.36. The van der Waals surface area contributed by atoms with Crippen LogP contribution in [0, 0.1) is 0 Å². The quantitative estimate of drug-likeness (QED) is 0.818. The van der Waals surface area contributed by atoms with E-state index in [-0.39, 0.29) is 5.91 Å². The first-order valence-corrected chi connectivity index (χ1v) is 9.00. The Morgan fingerprint density at radius 1 is 1.33 bits per heavy atom. The number of amides is 1. The number of thiocarbonyl (C=S) groups is 1. The summed E-state index contributed by atoms with van der Waals surface area (Å²) in [7, 11) is 0. The molecule has 2 atom stereocenters. The molecule has 2 rings (SSSR count). The molecular weight excluding hydrogens is 300 g/mol. The zero-order valence-electron chi connectivity index (χ0n) is 12.3. The van der Waals surface area contributed by atoms with Gasteiger partial charge in [0.1, 0.15) is 4.99 Å². The number of thioether (sulfide) groups is 1. The van der Waals surface area contributed by atoms with Crippen molar-refractivity contribution in [3.05, 3.63) is 35.4 Å². The van der Waals surface area contributed by atoms with Crippen LogP contribution in [0.5, 0.6) is 0 Å². The highest BCUT2D eigenvalue weighted by molar-refractivity contribution is 7.99. The maximum atomic E-state index is 12.2. The fraction of sp³-hybridized carbons (Fsp3) is 0.500. The van der Waals surface area contributed by atoms with Crippen LogP contribution < -0.4 is 11.1 Å². The lowest BCUT2D eigenvalue weighted by molar-refractivity contribution is -0.121. The summed E-state index contributed by atoms with van der Waals surface area (Å²) in [6.45, 7) is 0. The summed E-state index contributed by atoms with van der Waals surface area (Å²) in [5.41, 5.74) is 7.40. The zero-order chi connectivity index (χ0) is 15.2. The van der Waals surface area contributed by atoms with E-state index in [0.29, 0.717) is 22.7 Å². The lowest BCUT2D eigenvalue weighted by Gasteiger charge is -2.31. The van der Waals surface area contributed by atoms with Gasteiger partial charge in [0.15, 0.2) is 0 Å². The highest BCUT2D eigenvalue weighted by Gasteiger charge is 2.25. The second kappa shape index (κ2) is 7.80. The second-order valence-electron chi connectivity index (χ2n) is 5.47. The van der Waals surface area contributed by atoms with E-state index in [0.717, 1.165) is 17.5 Å². The van der Waals surface area contributed by atoms with Gasteiger partial charge in [-0.05, 0) is 24.7 Å². The fourth-order valence-electron chi connectivity index (χ4n) is 2.77. The van der Waals surface area contributed by atoms with Gasteiger partial charge in [-0.15, -0.1) is 0 Å². The van der Waals surface area contributed by atoms with Crippen LogP contribution in [0.2, 0.25) is 0 Å². The first kappa shape index (κ1) is 16.3. The first-order valence-electron chi connectivity index (χ1n) is 7.31. The molecule has 3 N–H and O–H groups in total. The Morgan fingerprint density at radius 2 is 2.00 bits per heavy atom. The molecule has 1 amide bonds. The molecule has 0 radical (unpaired) electrons. The van der Waals surface area contributed by atoms with Crippen molar-refractivity contribution in [3.63, 3.8) is 0 Å². The largest absolute Gasteiger partial charge is 0.389 e. The summed E-state index contributed by atoms with van der Waals surface area (Å²) < 4.78 is 0. The molecule has 1 aromatic rings. The van der Waals surface area contributed by atoms with Gasteiger partial charge < -0.3 is 11.1 Å². The monoisotopic (exact) mass is 322 g/mol. The number of hydrogen-bond donors (Lipinski definition) is 2. The van der Waals surface area contributed by atoms with Crippen LogP contribution >= 0.6 is 24.0 Å². The average molecular weight is 322 g/mol. The van der Waals surface area contributed by atoms with Gasteiger partial charge >= 0.3 is 0 Å². The molecule has 1 aromatic carbocycles. The van der Waals surface area contributed by atoms with Crippen LogP contribution in [0.15, 0.2) is 24.3 Å². The minimum absolute atomic E-state index is 0.101. The van der Waals surface area contributed by atoms with Crippen LogP contribution in [-0.2, 0) is 11.2 Å². The third-order valence-electron chi connectivity index (χ3n) is 3.95. The summed E-state index contributed by atoms with van der Waals surface area (Å²) in [5, 5.41) is 3.75. The SMILES string of the molecule is CSC1CCCCC1NC(=O)Cc1ccc(C(N)=S)cc1. The minimum atomic E-state index is 0.101. The Kier molecular flexibility index (Phi) is 6.06. The molecule has 21 heavy (non-hydrogen) atoms. The highest BCUT2D eigenvalue weighted by Crippen LogP contribution is 2.27. The number of benzene rings is 1. The van der Waals surface area contributed by atoms with E-state index in [2.05, 4.69) is 11.6 Å². The van der Waals surface area contributed by atoms with Gasteiger partial charge in [-0.2, -0.15) is 11.8 Å². The van der Waals surface area contributed by atoms with Crippen molar-refractivity contribution in [1.82, 2.24) is 5.32 Å². The summed E-state index contributed by atoms with van der Waals surface area (Å²) >= 11 is 6.79. The van der Waals surface area contributed by atoms with E-state index in [1.165, 1.54) is 19.3 Å². The number of rotatable bonds is 5. The maximum absolute atomic E-state index is 12.2. The lowest BCUT2D eigenvalue weighted by Crippen LogP contribution is -2.44. The van der Waals surface area contributed by atoms with Crippen molar-refractivity contribution < 1.29 is 4.79 Å². The van der Waals surface area contributed by atoms with E-state index in [4.69, 9.17) is 18.0 Å². The van der Waals surface area contributed by atoms with Crippen molar-refractivity contribution in [2.24, 2.45) is 5.73 Å². The highest BCUT2D eigenvalue weighted by atomic mass is 32.2. The summed E-state index contributed by atoms with van der Waals surface area (Å²) in [5.74, 6) is 0.101. The minimum Gasteiger partial charge on any atom is -0.389 e. The van der Waals surface area contributed by atoms with E-state index in [9.17, 15) is 4.79 Å². The van der Waals surface area contributed by atoms with Gasteiger partial charge in [-0.1, -0.05) is 49.3 Å². The van der Waals surface area contributed by atoms with Crippen LogP contribution in [0.3, 0.4) is 0 Å². The van der Waals surface area contributed by atoms with Crippen molar-refractivity contribution in [1.29, 1.82) is 0 Å². The molecular formula is C16H22N2OS2. The van der Waals surface area contributed by atoms with Crippen LogP contribution in [0.25, 0.3) is 0 Å². The van der Waals surface area contributed by atoms with Crippen LogP contribution in [0.1, 0.15) is 36.8 Å². The number of carbonyl (C=O) groups is 1. The standard InChI is InChI=1S/C16H22N2OS2/c1-21-14-5-3-2-4-13(14)18-15(19)10-11-6-8-12(9-7-11)16(17)20/h6-9,13-14H,2-5,10H2,1H3,(H2,17,20)(H,18,19). The maximum Gasteiger partial charge on any atom is 0.224 e. The Morgan fingerprint density at radius 3 is 2.62 bits per heavy atom. The number of hydrogen-bond acceptors (Lipinski definition) is 3. The average Bonchev–Trinajstić information content (AvgIpc) is 2.48. The first-order chi connectivity index (χ1) is 10.1. The summed E-state index contributed by atoms with van der Waals surface area (Å²) in [6.07, 6.45) is 7.33. The molecule has 114 valence electrons. The Balaban J connectivity index is 1.90. The predicted molar refractivity (Wildman–Crippen MR) is 93.7 cm³/mol. The Labute approximate surface area is 136 Å². The molecule has 3 nitrogen and oxygen atoms in total. The third kappa shape index (κ3) is 4.71. The van der Waals surface area contributed by atoms with Gasteiger partial charge in [0.2, 0.25) is 5.91 Å². The Hall–Kier alpha value is -1.07. The molecule has 0 spiro atoms. The van der Waals surface area contributed by atoms with E-state index < -0.39 is 0 Å². The molecule has 0 aliphatic heterocycles. The number of nitrogens with one attached hydrogen (secondary N) is 1. The van der Waals surface area contributed by atoms with Crippen molar-refractivity contribution >= 4 is 34.9 Å².